The largest absolute Gasteiger partial charge is 0.396 e. The van der Waals surface area contributed by atoms with Crippen molar-refractivity contribution in [2.45, 2.75) is 77.3 Å². The number of unbranched alkanes of at least 4 members (excludes halogenated alkanes) is 3. The van der Waals surface area contributed by atoms with E-state index < -0.39 is 12.8 Å². The maximum Gasteiger partial charge on any atom is 0.331 e. The minimum Gasteiger partial charge on any atom is -0.396 e. The molecular weight excluding hydrogens is 277 g/mol. The Morgan fingerprint density at radius 3 is 1.80 bits per heavy atom. The summed E-state index contributed by atoms with van der Waals surface area (Å²) in [6.45, 7) is 6.80. The number of aliphatic hydroxyl groups excluding tert-OH is 1. The minimum atomic E-state index is -3.95. The second-order valence-corrected chi connectivity index (χ2v) is 7.19. The lowest BCUT2D eigenvalue weighted by Crippen LogP contribution is -2.27. The molecular formula is C14H34NO4P. The highest BCUT2D eigenvalue weighted by atomic mass is 31.2. The average molecular weight is 311 g/mol. The molecule has 0 aromatic rings. The van der Waals surface area contributed by atoms with Crippen molar-refractivity contribution in [3.63, 3.8) is 0 Å². The van der Waals surface area contributed by atoms with Crippen LogP contribution in [0, 0.1) is 0 Å². The molecule has 0 saturated carbocycles. The molecule has 20 heavy (non-hydrogen) atoms. The smallest absolute Gasteiger partial charge is 0.331 e. The number of aliphatic hydroxyl groups is 1. The Kier molecular flexibility index (Phi) is 14.3. The molecule has 0 rings (SSSR count). The van der Waals surface area contributed by atoms with Gasteiger partial charge in [0.25, 0.3) is 0 Å². The fourth-order valence-corrected chi connectivity index (χ4v) is 3.39. The summed E-state index contributed by atoms with van der Waals surface area (Å²) in [4.78, 5) is 18.7. The van der Waals surface area contributed by atoms with Crippen molar-refractivity contribution in [3.05, 3.63) is 0 Å². The average Bonchev–Trinajstić information content (AvgIpc) is 2.41. The molecule has 0 aliphatic rings. The molecule has 0 aliphatic carbocycles. The lowest BCUT2D eigenvalue weighted by Gasteiger charge is -2.32. The van der Waals surface area contributed by atoms with Gasteiger partial charge >= 0.3 is 7.60 Å². The fraction of sp³-hybridized carbons (Fsp3) is 1.00. The Bertz CT molecular complexity index is 248. The maximum atomic E-state index is 11.4. The van der Waals surface area contributed by atoms with Gasteiger partial charge in [-0.1, -0.05) is 40.0 Å². The van der Waals surface area contributed by atoms with E-state index in [0.29, 0.717) is 25.8 Å². The zero-order chi connectivity index (χ0) is 16.1. The predicted octanol–water partition coefficient (Wildman–Crippen LogP) is 3.02. The Balaban J connectivity index is 0. The highest BCUT2D eigenvalue weighted by Crippen LogP contribution is 2.56. The third-order valence-electron chi connectivity index (χ3n) is 3.79. The molecule has 0 atom stereocenters. The van der Waals surface area contributed by atoms with E-state index in [-0.39, 0.29) is 6.61 Å². The molecule has 0 radical (unpaired) electrons. The van der Waals surface area contributed by atoms with E-state index in [2.05, 4.69) is 6.92 Å². The molecule has 5 N–H and O–H groups in total. The minimum absolute atomic E-state index is 0.275. The zero-order valence-corrected chi connectivity index (χ0v) is 14.2. The summed E-state index contributed by atoms with van der Waals surface area (Å²) >= 11 is 0. The highest BCUT2D eigenvalue weighted by molar-refractivity contribution is 7.53. The first-order valence-corrected chi connectivity index (χ1v) is 9.32. The van der Waals surface area contributed by atoms with Crippen molar-refractivity contribution in [1.29, 1.82) is 0 Å². The topological polar surface area (TPSA) is 104 Å². The monoisotopic (exact) mass is 311 g/mol. The summed E-state index contributed by atoms with van der Waals surface area (Å²) in [7, 11) is -3.95. The molecule has 0 fully saturated rings. The van der Waals surface area contributed by atoms with Crippen molar-refractivity contribution in [1.82, 2.24) is 0 Å². The second-order valence-electron chi connectivity index (χ2n) is 5.15. The summed E-state index contributed by atoms with van der Waals surface area (Å²) in [5, 5.41) is 7.38. The van der Waals surface area contributed by atoms with Crippen LogP contribution in [0.1, 0.15) is 72.1 Å². The van der Waals surface area contributed by atoms with E-state index in [1.807, 2.05) is 13.8 Å². The number of rotatable bonds is 10. The van der Waals surface area contributed by atoms with E-state index in [4.69, 9.17) is 10.8 Å². The lowest BCUT2D eigenvalue weighted by molar-refractivity contribution is 0.285. The van der Waals surface area contributed by atoms with Crippen molar-refractivity contribution in [2.24, 2.45) is 5.73 Å². The Labute approximate surface area is 124 Å². The van der Waals surface area contributed by atoms with Gasteiger partial charge in [0.15, 0.2) is 0 Å². The third-order valence-corrected chi connectivity index (χ3v) is 5.88. The lowest BCUT2D eigenvalue weighted by atomic mass is 9.95. The van der Waals surface area contributed by atoms with Crippen molar-refractivity contribution >= 4 is 7.60 Å². The standard InChI is InChI=1S/C10H23O3P.C4H11NO/c1-4-7-8-9-10(5-2,6-3)14(11,12)13;5-3-1-2-4-6/h4-9H2,1-3H3,(H2,11,12,13);6H,1-5H2. The SMILES string of the molecule is CCCCCC(CC)(CC)P(=O)(O)O.NCCCCO. The maximum absolute atomic E-state index is 11.4. The predicted molar refractivity (Wildman–Crippen MR) is 84.9 cm³/mol. The summed E-state index contributed by atoms with van der Waals surface area (Å²) in [6.07, 6.45) is 6.63. The van der Waals surface area contributed by atoms with Crippen LogP contribution in [0.25, 0.3) is 0 Å². The van der Waals surface area contributed by atoms with Gasteiger partial charge in [-0.3, -0.25) is 4.57 Å². The van der Waals surface area contributed by atoms with Crippen molar-refractivity contribution in [2.75, 3.05) is 13.2 Å². The summed E-state index contributed by atoms with van der Waals surface area (Å²) in [6, 6.07) is 0. The van der Waals surface area contributed by atoms with Gasteiger partial charge in [-0.25, -0.2) is 0 Å². The van der Waals surface area contributed by atoms with Crippen LogP contribution < -0.4 is 5.73 Å². The molecule has 5 nitrogen and oxygen atoms in total. The van der Waals surface area contributed by atoms with Crippen LogP contribution >= 0.6 is 7.60 Å². The van der Waals surface area contributed by atoms with Gasteiger partial charge < -0.3 is 20.6 Å². The summed E-state index contributed by atoms with van der Waals surface area (Å²) in [5.41, 5.74) is 5.10. The first kappa shape index (κ1) is 22.4. The van der Waals surface area contributed by atoms with Crippen molar-refractivity contribution < 1.29 is 19.5 Å². The van der Waals surface area contributed by atoms with Gasteiger partial charge in [0.1, 0.15) is 0 Å². The molecule has 0 bridgehead atoms. The number of hydrogen-bond acceptors (Lipinski definition) is 3. The van der Waals surface area contributed by atoms with E-state index in [1.54, 1.807) is 0 Å². The molecule has 124 valence electrons. The number of nitrogens with two attached hydrogens (primary N) is 1. The van der Waals surface area contributed by atoms with Crippen LogP contribution in [-0.2, 0) is 4.57 Å². The second kappa shape index (κ2) is 12.8. The van der Waals surface area contributed by atoms with Crippen LogP contribution in [0.3, 0.4) is 0 Å². The van der Waals surface area contributed by atoms with Crippen LogP contribution in [0.5, 0.6) is 0 Å². The molecule has 0 saturated heterocycles. The van der Waals surface area contributed by atoms with Gasteiger partial charge in [-0.05, 0) is 38.6 Å². The molecule has 0 aromatic heterocycles. The molecule has 0 aliphatic heterocycles. The molecule has 6 heteroatoms. The first-order chi connectivity index (χ1) is 9.35. The normalized spacial score (nSPS) is 11.9. The molecule has 0 amide bonds. The van der Waals surface area contributed by atoms with Gasteiger partial charge in [0, 0.05) is 6.61 Å². The Hall–Kier alpha value is 0.0700. The first-order valence-electron chi connectivity index (χ1n) is 7.71. The van der Waals surface area contributed by atoms with E-state index >= 15 is 0 Å². The summed E-state index contributed by atoms with van der Waals surface area (Å²) in [5.74, 6) is 0. The van der Waals surface area contributed by atoms with Gasteiger partial charge in [0.2, 0.25) is 0 Å². The third kappa shape index (κ3) is 9.09. The number of hydrogen-bond donors (Lipinski definition) is 4. The van der Waals surface area contributed by atoms with Crippen LogP contribution in [0.4, 0.5) is 0 Å². The quantitative estimate of drug-likeness (QED) is 0.367. The van der Waals surface area contributed by atoms with E-state index in [0.717, 1.165) is 32.1 Å². The molecule has 0 unspecified atom stereocenters. The van der Waals surface area contributed by atoms with Gasteiger partial charge in [0.05, 0.1) is 5.16 Å². The molecule has 0 aromatic carbocycles. The van der Waals surface area contributed by atoms with Gasteiger partial charge in [-0.2, -0.15) is 0 Å². The van der Waals surface area contributed by atoms with Crippen molar-refractivity contribution in [3.8, 4) is 0 Å². The fourth-order valence-electron chi connectivity index (χ4n) is 2.12. The van der Waals surface area contributed by atoms with E-state index in [9.17, 15) is 14.4 Å². The van der Waals surface area contributed by atoms with Crippen LogP contribution in [-0.4, -0.2) is 33.2 Å². The zero-order valence-electron chi connectivity index (χ0n) is 13.3. The summed E-state index contributed by atoms with van der Waals surface area (Å²) < 4.78 is 11.4. The van der Waals surface area contributed by atoms with Crippen LogP contribution in [0.15, 0.2) is 0 Å². The molecule has 0 heterocycles. The van der Waals surface area contributed by atoms with Gasteiger partial charge in [-0.15, -0.1) is 0 Å². The Morgan fingerprint density at radius 2 is 1.55 bits per heavy atom. The Morgan fingerprint density at radius 1 is 1.00 bits per heavy atom. The molecule has 0 spiro atoms. The highest BCUT2D eigenvalue weighted by Gasteiger charge is 2.42. The van der Waals surface area contributed by atoms with E-state index in [1.165, 1.54) is 0 Å². The van der Waals surface area contributed by atoms with Crippen LogP contribution in [0.2, 0.25) is 0 Å².